The van der Waals surface area contributed by atoms with Gasteiger partial charge in [0.15, 0.2) is 0 Å². The lowest BCUT2D eigenvalue weighted by atomic mass is 10.3. The topological polar surface area (TPSA) is 38.1 Å². The maximum Gasteiger partial charge on any atom is 0.246 e. The summed E-state index contributed by atoms with van der Waals surface area (Å²) in [6, 6.07) is 0.393. The first kappa shape index (κ1) is 11.5. The molecule has 0 fully saturated rings. The van der Waals surface area contributed by atoms with E-state index in [-0.39, 0.29) is 5.91 Å². The summed E-state index contributed by atoms with van der Waals surface area (Å²) in [5.74, 6) is -0.0332. The van der Waals surface area contributed by atoms with Crippen molar-refractivity contribution in [2.75, 3.05) is 14.1 Å². The Morgan fingerprint density at radius 3 is 2.67 bits per heavy atom. The number of aromatic nitrogens is 2. The third kappa shape index (κ3) is 3.23. The number of carbonyl (C=O) groups excluding carboxylic acids is 1. The van der Waals surface area contributed by atoms with Gasteiger partial charge in [-0.3, -0.25) is 4.79 Å². The highest BCUT2D eigenvalue weighted by Gasteiger charge is 2.00. The zero-order chi connectivity index (χ0) is 11.4. The van der Waals surface area contributed by atoms with Gasteiger partial charge in [-0.05, 0) is 19.9 Å². The van der Waals surface area contributed by atoms with E-state index < -0.39 is 0 Å². The van der Waals surface area contributed by atoms with Crippen LogP contribution in [0.4, 0.5) is 0 Å². The van der Waals surface area contributed by atoms with Gasteiger partial charge >= 0.3 is 0 Å². The predicted molar refractivity (Wildman–Crippen MR) is 60.3 cm³/mol. The molecule has 0 saturated heterocycles. The highest BCUT2D eigenvalue weighted by molar-refractivity contribution is 5.91. The second-order valence-electron chi connectivity index (χ2n) is 3.91. The number of likely N-dealkylation sites (N-methyl/N-ethyl adjacent to an activating group) is 1. The van der Waals surface area contributed by atoms with Crippen LogP contribution in [0.15, 0.2) is 18.6 Å². The largest absolute Gasteiger partial charge is 0.345 e. The molecule has 82 valence electrons. The van der Waals surface area contributed by atoms with Gasteiger partial charge in [0.1, 0.15) is 0 Å². The van der Waals surface area contributed by atoms with Gasteiger partial charge < -0.3 is 9.47 Å². The summed E-state index contributed by atoms with van der Waals surface area (Å²) in [5, 5.41) is 0. The molecule has 0 bridgehead atoms. The van der Waals surface area contributed by atoms with E-state index in [9.17, 15) is 4.79 Å². The molecule has 4 heteroatoms. The van der Waals surface area contributed by atoms with Crippen molar-refractivity contribution in [1.82, 2.24) is 14.5 Å². The molecule has 0 aliphatic rings. The molecule has 1 aromatic heterocycles. The number of amides is 1. The van der Waals surface area contributed by atoms with Crippen LogP contribution in [-0.2, 0) is 4.79 Å². The van der Waals surface area contributed by atoms with Crippen molar-refractivity contribution < 1.29 is 4.79 Å². The normalized spacial score (nSPS) is 11.3. The number of imidazole rings is 1. The van der Waals surface area contributed by atoms with Crippen LogP contribution in [0, 0.1) is 0 Å². The van der Waals surface area contributed by atoms with Crippen LogP contribution in [0.3, 0.4) is 0 Å². The minimum atomic E-state index is -0.0332. The van der Waals surface area contributed by atoms with Crippen LogP contribution in [0.5, 0.6) is 0 Å². The summed E-state index contributed by atoms with van der Waals surface area (Å²) in [4.78, 5) is 17.0. The van der Waals surface area contributed by atoms with Gasteiger partial charge in [-0.15, -0.1) is 0 Å². The summed E-state index contributed by atoms with van der Waals surface area (Å²) in [6.45, 7) is 4.17. The van der Waals surface area contributed by atoms with E-state index in [2.05, 4.69) is 18.8 Å². The maximum absolute atomic E-state index is 11.3. The van der Waals surface area contributed by atoms with Gasteiger partial charge in [0, 0.05) is 32.4 Å². The van der Waals surface area contributed by atoms with Crippen LogP contribution < -0.4 is 0 Å². The summed E-state index contributed by atoms with van der Waals surface area (Å²) >= 11 is 0. The van der Waals surface area contributed by atoms with Crippen molar-refractivity contribution in [2.24, 2.45) is 0 Å². The van der Waals surface area contributed by atoms with Crippen molar-refractivity contribution in [3.05, 3.63) is 24.3 Å². The van der Waals surface area contributed by atoms with Gasteiger partial charge in [-0.1, -0.05) is 0 Å². The van der Waals surface area contributed by atoms with Gasteiger partial charge in [0.05, 0.1) is 12.0 Å². The highest BCUT2D eigenvalue weighted by atomic mass is 16.2. The van der Waals surface area contributed by atoms with Crippen molar-refractivity contribution in [3.8, 4) is 0 Å². The minimum Gasteiger partial charge on any atom is -0.345 e. The molecule has 0 atom stereocenters. The van der Waals surface area contributed by atoms with Gasteiger partial charge in [-0.25, -0.2) is 4.98 Å². The van der Waals surface area contributed by atoms with Crippen molar-refractivity contribution >= 4 is 12.0 Å². The quantitative estimate of drug-likeness (QED) is 0.705. The molecule has 0 radical (unpaired) electrons. The molecule has 1 amide bonds. The smallest absolute Gasteiger partial charge is 0.246 e. The second kappa shape index (κ2) is 4.77. The first-order valence-corrected chi connectivity index (χ1v) is 4.93. The van der Waals surface area contributed by atoms with Crippen molar-refractivity contribution in [1.29, 1.82) is 0 Å². The standard InChI is InChI=1S/C11H17N3O/c1-9(2)14-7-10(12-8-14)5-6-11(15)13(3)4/h5-9H,1-4H3. The third-order valence-corrected chi connectivity index (χ3v) is 2.06. The van der Waals surface area contributed by atoms with Crippen LogP contribution >= 0.6 is 0 Å². The summed E-state index contributed by atoms with van der Waals surface area (Å²) < 4.78 is 2.00. The number of carbonyl (C=O) groups is 1. The Hall–Kier alpha value is -1.58. The molecule has 0 spiro atoms. The molecule has 1 aromatic rings. The maximum atomic E-state index is 11.3. The van der Waals surface area contributed by atoms with E-state index in [1.807, 2.05) is 10.8 Å². The van der Waals surface area contributed by atoms with E-state index in [1.165, 1.54) is 11.0 Å². The Morgan fingerprint density at radius 2 is 2.20 bits per heavy atom. The molecule has 0 saturated carbocycles. The predicted octanol–water partition coefficient (Wildman–Crippen LogP) is 1.57. The lowest BCUT2D eigenvalue weighted by Gasteiger charge is -2.04. The Labute approximate surface area is 90.2 Å². The number of rotatable bonds is 3. The van der Waals surface area contributed by atoms with E-state index in [0.29, 0.717) is 6.04 Å². The zero-order valence-electron chi connectivity index (χ0n) is 9.64. The van der Waals surface area contributed by atoms with E-state index in [0.717, 1.165) is 5.69 Å². The molecule has 1 heterocycles. The lowest BCUT2D eigenvalue weighted by molar-refractivity contribution is -0.123. The SMILES string of the molecule is CC(C)n1cnc(C=CC(=O)N(C)C)c1. The Balaban J connectivity index is 2.69. The fourth-order valence-corrected chi connectivity index (χ4v) is 1.03. The Morgan fingerprint density at radius 1 is 1.53 bits per heavy atom. The lowest BCUT2D eigenvalue weighted by Crippen LogP contribution is -2.18. The van der Waals surface area contributed by atoms with Crippen LogP contribution in [0.25, 0.3) is 6.08 Å². The van der Waals surface area contributed by atoms with Crippen LogP contribution in [0.1, 0.15) is 25.6 Å². The molecular weight excluding hydrogens is 190 g/mol. The van der Waals surface area contributed by atoms with Crippen molar-refractivity contribution in [3.63, 3.8) is 0 Å². The molecule has 0 aromatic carbocycles. The minimum absolute atomic E-state index is 0.0332. The molecule has 0 unspecified atom stereocenters. The Kier molecular flexibility index (Phi) is 3.66. The second-order valence-corrected chi connectivity index (χ2v) is 3.91. The third-order valence-electron chi connectivity index (χ3n) is 2.06. The fourth-order valence-electron chi connectivity index (χ4n) is 1.03. The summed E-state index contributed by atoms with van der Waals surface area (Å²) in [6.07, 6.45) is 6.93. The average molecular weight is 207 g/mol. The van der Waals surface area contributed by atoms with Crippen LogP contribution in [-0.4, -0.2) is 34.5 Å². The first-order chi connectivity index (χ1) is 7.00. The van der Waals surface area contributed by atoms with Gasteiger partial charge in [0.25, 0.3) is 0 Å². The van der Waals surface area contributed by atoms with E-state index >= 15 is 0 Å². The molecular formula is C11H17N3O. The zero-order valence-corrected chi connectivity index (χ0v) is 9.64. The van der Waals surface area contributed by atoms with Crippen LogP contribution in [0.2, 0.25) is 0 Å². The molecule has 15 heavy (non-hydrogen) atoms. The Bertz CT molecular complexity index is 364. The summed E-state index contributed by atoms with van der Waals surface area (Å²) in [7, 11) is 3.44. The molecule has 0 aliphatic carbocycles. The number of hydrogen-bond acceptors (Lipinski definition) is 2. The number of nitrogens with zero attached hydrogens (tertiary/aromatic N) is 3. The molecule has 4 nitrogen and oxygen atoms in total. The molecule has 0 N–H and O–H groups in total. The van der Waals surface area contributed by atoms with E-state index in [4.69, 9.17) is 0 Å². The average Bonchev–Trinajstić information content (AvgIpc) is 2.62. The first-order valence-electron chi connectivity index (χ1n) is 4.93. The number of hydrogen-bond donors (Lipinski definition) is 0. The molecule has 0 aliphatic heterocycles. The monoisotopic (exact) mass is 207 g/mol. The summed E-state index contributed by atoms with van der Waals surface area (Å²) in [5.41, 5.74) is 0.805. The molecule has 1 rings (SSSR count). The van der Waals surface area contributed by atoms with Crippen molar-refractivity contribution in [2.45, 2.75) is 19.9 Å². The van der Waals surface area contributed by atoms with Gasteiger partial charge in [0.2, 0.25) is 5.91 Å². The highest BCUT2D eigenvalue weighted by Crippen LogP contribution is 2.06. The fraction of sp³-hybridized carbons (Fsp3) is 0.455. The van der Waals surface area contributed by atoms with Gasteiger partial charge in [-0.2, -0.15) is 0 Å². The van der Waals surface area contributed by atoms with E-state index in [1.54, 1.807) is 26.5 Å².